The molecule has 2 aromatic heterocycles. The Morgan fingerprint density at radius 2 is 1.41 bits per heavy atom. The number of H-pyrrole nitrogens is 1. The summed E-state index contributed by atoms with van der Waals surface area (Å²) < 4.78 is 9.52. The van der Waals surface area contributed by atoms with Crippen molar-refractivity contribution in [2.24, 2.45) is 0 Å². The number of esters is 2. The Hall–Kier alpha value is -2.81. The molecule has 0 aliphatic rings. The summed E-state index contributed by atoms with van der Waals surface area (Å²) in [6.07, 6.45) is 3.05. The lowest BCUT2D eigenvalue weighted by molar-refractivity contribution is 0.0508. The van der Waals surface area contributed by atoms with E-state index in [1.54, 1.807) is 20.0 Å². The second kappa shape index (κ2) is 11.2. The van der Waals surface area contributed by atoms with Crippen LogP contribution in [0.3, 0.4) is 0 Å². The third kappa shape index (κ3) is 7.71. The van der Waals surface area contributed by atoms with Crippen LogP contribution in [-0.2, 0) is 20.3 Å². The molecule has 0 aliphatic carbocycles. The lowest BCUT2D eigenvalue weighted by Gasteiger charge is -2.17. The number of hydrogen-bond acceptors (Lipinski definition) is 8. The van der Waals surface area contributed by atoms with Crippen LogP contribution in [0.1, 0.15) is 87.8 Å². The van der Waals surface area contributed by atoms with Gasteiger partial charge in [-0.05, 0) is 13.8 Å². The molecule has 0 saturated carbocycles. The molecule has 0 amide bonds. The lowest BCUT2D eigenvalue weighted by atomic mass is 9.93. The second-order valence-corrected chi connectivity index (χ2v) is 9.17. The minimum absolute atomic E-state index is 0.0662. The quantitative estimate of drug-likeness (QED) is 0.673. The topological polar surface area (TPSA) is 124 Å². The Kier molecular flexibility index (Phi) is 9.51. The normalized spacial score (nSPS) is 11.3. The molecule has 10 heteroatoms. The maximum atomic E-state index is 11.6. The van der Waals surface area contributed by atoms with Gasteiger partial charge in [0.25, 0.3) is 5.56 Å². The van der Waals surface area contributed by atoms with E-state index in [1.807, 2.05) is 41.5 Å². The molecule has 32 heavy (non-hydrogen) atoms. The summed E-state index contributed by atoms with van der Waals surface area (Å²) in [5.74, 6) is -1.23. The molecule has 0 atom stereocenters. The zero-order chi connectivity index (χ0) is 24.7. The molecule has 0 saturated heterocycles. The first-order chi connectivity index (χ1) is 14.7. The number of nitrogens with zero attached hydrogens (tertiary/aromatic N) is 3. The third-order valence-corrected chi connectivity index (χ3v) is 4.29. The van der Waals surface area contributed by atoms with E-state index in [4.69, 9.17) is 21.1 Å². The molecule has 2 rings (SSSR count). The van der Waals surface area contributed by atoms with Gasteiger partial charge in [-0.2, -0.15) is 0 Å². The van der Waals surface area contributed by atoms with Crippen molar-refractivity contribution in [2.75, 3.05) is 13.2 Å². The van der Waals surface area contributed by atoms with Gasteiger partial charge in [0.1, 0.15) is 0 Å². The Balaban J connectivity index is 0.000000320. The van der Waals surface area contributed by atoms with Gasteiger partial charge in [0.15, 0.2) is 10.8 Å². The van der Waals surface area contributed by atoms with E-state index in [9.17, 15) is 14.4 Å². The highest BCUT2D eigenvalue weighted by Gasteiger charge is 2.21. The third-order valence-electron chi connectivity index (χ3n) is 4.03. The molecule has 176 valence electrons. The van der Waals surface area contributed by atoms with Gasteiger partial charge in [-0.25, -0.2) is 24.5 Å². The van der Waals surface area contributed by atoms with Crippen LogP contribution in [-0.4, -0.2) is 45.1 Å². The summed E-state index contributed by atoms with van der Waals surface area (Å²) in [5.41, 5.74) is 0.428. The Bertz CT molecular complexity index is 1010. The van der Waals surface area contributed by atoms with E-state index in [-0.39, 0.29) is 40.6 Å². The van der Waals surface area contributed by atoms with Crippen molar-refractivity contribution in [1.29, 1.82) is 0 Å². The minimum atomic E-state index is -0.691. The van der Waals surface area contributed by atoms with Gasteiger partial charge in [-0.15, -0.1) is 0 Å². The summed E-state index contributed by atoms with van der Waals surface area (Å²) >= 11 is 5.89. The number of nitrogens with one attached hydrogen (secondary N) is 1. The van der Waals surface area contributed by atoms with E-state index in [1.165, 1.54) is 6.20 Å². The van der Waals surface area contributed by atoms with Crippen LogP contribution in [0, 0.1) is 0 Å². The maximum Gasteiger partial charge on any atom is 0.362 e. The molecule has 0 aromatic carbocycles. The van der Waals surface area contributed by atoms with Crippen LogP contribution >= 0.6 is 11.6 Å². The molecule has 0 unspecified atom stereocenters. The Labute approximate surface area is 192 Å². The highest BCUT2D eigenvalue weighted by atomic mass is 35.5. The highest BCUT2D eigenvalue weighted by molar-refractivity contribution is 6.32. The molecule has 0 radical (unpaired) electrons. The van der Waals surface area contributed by atoms with Crippen LogP contribution < -0.4 is 5.56 Å². The number of aromatic amines is 1. The summed E-state index contributed by atoms with van der Waals surface area (Å²) in [4.78, 5) is 48.9. The number of ether oxygens (including phenoxy) is 2. The van der Waals surface area contributed by atoms with Gasteiger partial charge in [0, 0.05) is 22.7 Å². The average molecular weight is 467 g/mol. The summed E-state index contributed by atoms with van der Waals surface area (Å²) in [6.45, 7) is 15.8. The number of aromatic nitrogens is 4. The van der Waals surface area contributed by atoms with Crippen LogP contribution in [0.5, 0.6) is 0 Å². The van der Waals surface area contributed by atoms with E-state index >= 15 is 0 Å². The SMILES string of the molecule is CCOC(=O)c1ncc(C(C)(C)C)[nH]c1=O.CCOC(=O)c1ncc(C(C)(C)C)nc1Cl. The fourth-order valence-corrected chi connectivity index (χ4v) is 2.41. The van der Waals surface area contributed by atoms with Crippen molar-refractivity contribution in [3.8, 4) is 0 Å². The molecular formula is C22H31ClN4O5. The van der Waals surface area contributed by atoms with E-state index < -0.39 is 17.5 Å². The standard InChI is InChI=1S/C11H15ClN2O2.C11H16N2O3/c1-5-16-10(15)8-9(12)14-7(6-13-8)11(2,3)4;1-5-16-10(15)8-9(14)13-7(6-12-8)11(2,3)4/h6H,5H2,1-4H3;6H,5H2,1-4H3,(H,13,14). The minimum Gasteiger partial charge on any atom is -0.461 e. The molecule has 2 heterocycles. The molecule has 9 nitrogen and oxygen atoms in total. The number of halogens is 1. The van der Waals surface area contributed by atoms with E-state index in [0.29, 0.717) is 5.69 Å². The predicted molar refractivity (Wildman–Crippen MR) is 121 cm³/mol. The number of rotatable bonds is 4. The number of carbonyl (C=O) groups excluding carboxylic acids is 2. The first-order valence-electron chi connectivity index (χ1n) is 10.2. The zero-order valence-corrected chi connectivity index (χ0v) is 20.6. The number of carbonyl (C=O) groups is 2. The molecule has 0 spiro atoms. The van der Waals surface area contributed by atoms with Gasteiger partial charge >= 0.3 is 11.9 Å². The van der Waals surface area contributed by atoms with Gasteiger partial charge < -0.3 is 14.5 Å². The smallest absolute Gasteiger partial charge is 0.362 e. The van der Waals surface area contributed by atoms with Gasteiger partial charge in [0.05, 0.1) is 25.1 Å². The van der Waals surface area contributed by atoms with Crippen LogP contribution in [0.15, 0.2) is 17.2 Å². The van der Waals surface area contributed by atoms with E-state index in [2.05, 4.69) is 19.9 Å². The molecule has 2 aromatic rings. The molecule has 0 bridgehead atoms. The van der Waals surface area contributed by atoms with Crippen LogP contribution in [0.4, 0.5) is 0 Å². The van der Waals surface area contributed by atoms with Gasteiger partial charge in [-0.1, -0.05) is 53.1 Å². The zero-order valence-electron chi connectivity index (χ0n) is 19.8. The van der Waals surface area contributed by atoms with E-state index in [0.717, 1.165) is 5.69 Å². The van der Waals surface area contributed by atoms with Crippen molar-refractivity contribution in [1.82, 2.24) is 19.9 Å². The van der Waals surface area contributed by atoms with Crippen molar-refractivity contribution in [3.05, 3.63) is 50.7 Å². The Morgan fingerprint density at radius 3 is 1.81 bits per heavy atom. The first kappa shape index (κ1) is 27.2. The fourth-order valence-electron chi connectivity index (χ4n) is 2.19. The maximum absolute atomic E-state index is 11.6. The first-order valence-corrected chi connectivity index (χ1v) is 10.6. The molecule has 0 fully saturated rings. The fraction of sp³-hybridized carbons (Fsp3) is 0.545. The van der Waals surface area contributed by atoms with Crippen LogP contribution in [0.2, 0.25) is 5.15 Å². The van der Waals surface area contributed by atoms with Crippen molar-refractivity contribution >= 4 is 23.5 Å². The highest BCUT2D eigenvalue weighted by Crippen LogP contribution is 2.22. The summed E-state index contributed by atoms with van der Waals surface area (Å²) in [7, 11) is 0. The second-order valence-electron chi connectivity index (χ2n) is 8.81. The van der Waals surface area contributed by atoms with Crippen molar-refractivity contribution in [3.63, 3.8) is 0 Å². The van der Waals surface area contributed by atoms with Gasteiger partial charge in [-0.3, -0.25) is 4.79 Å². The Morgan fingerprint density at radius 1 is 0.906 bits per heavy atom. The average Bonchev–Trinajstić information content (AvgIpc) is 2.67. The predicted octanol–water partition coefficient (Wildman–Crippen LogP) is 3.85. The van der Waals surface area contributed by atoms with Gasteiger partial charge in [0.2, 0.25) is 5.69 Å². The van der Waals surface area contributed by atoms with Crippen molar-refractivity contribution < 1.29 is 19.1 Å². The molecule has 1 N–H and O–H groups in total. The molecular weight excluding hydrogens is 436 g/mol. The number of hydrogen-bond donors (Lipinski definition) is 1. The van der Waals surface area contributed by atoms with Crippen LogP contribution in [0.25, 0.3) is 0 Å². The monoisotopic (exact) mass is 466 g/mol. The molecule has 0 aliphatic heterocycles. The van der Waals surface area contributed by atoms with Crippen molar-refractivity contribution in [2.45, 2.75) is 66.2 Å². The summed E-state index contributed by atoms with van der Waals surface area (Å²) in [5, 5.41) is 0.0888. The summed E-state index contributed by atoms with van der Waals surface area (Å²) in [6, 6.07) is 0. The lowest BCUT2D eigenvalue weighted by Crippen LogP contribution is -2.26. The largest absolute Gasteiger partial charge is 0.461 e.